The Bertz CT molecular complexity index is 552. The summed E-state index contributed by atoms with van der Waals surface area (Å²) in [7, 11) is 0. The molecule has 2 nitrogen and oxygen atoms in total. The van der Waals surface area contributed by atoms with Crippen LogP contribution in [0.1, 0.15) is 18.1 Å². The van der Waals surface area contributed by atoms with Crippen LogP contribution < -0.4 is 5.32 Å². The molecule has 0 aliphatic carbocycles. The largest absolute Gasteiger partial charge is 0.384 e. The van der Waals surface area contributed by atoms with E-state index < -0.39 is 5.60 Å². The number of aliphatic hydroxyl groups is 1. The summed E-state index contributed by atoms with van der Waals surface area (Å²) >= 11 is 6.08. The molecule has 0 radical (unpaired) electrons. The standard InChI is InChI=1S/C16H18ClNO/c1-12-8-9-14(10-15(12)17)18-11-16(2,19)13-6-4-3-5-7-13/h3-10,18-19H,11H2,1-2H3. The highest BCUT2D eigenvalue weighted by Crippen LogP contribution is 2.23. The molecular formula is C16H18ClNO. The van der Waals surface area contributed by atoms with Gasteiger partial charge in [0.05, 0.1) is 0 Å². The molecule has 0 aliphatic rings. The minimum atomic E-state index is -0.918. The van der Waals surface area contributed by atoms with Crippen molar-refractivity contribution in [2.45, 2.75) is 19.4 Å². The Morgan fingerprint density at radius 3 is 2.47 bits per heavy atom. The lowest BCUT2D eigenvalue weighted by atomic mass is 9.96. The van der Waals surface area contributed by atoms with E-state index in [1.54, 1.807) is 6.92 Å². The highest BCUT2D eigenvalue weighted by atomic mass is 35.5. The maximum absolute atomic E-state index is 10.5. The van der Waals surface area contributed by atoms with Crippen LogP contribution in [-0.2, 0) is 5.60 Å². The molecule has 19 heavy (non-hydrogen) atoms. The summed E-state index contributed by atoms with van der Waals surface area (Å²) < 4.78 is 0. The van der Waals surface area contributed by atoms with Crippen LogP contribution in [0, 0.1) is 6.92 Å². The van der Waals surface area contributed by atoms with Crippen LogP contribution in [0.5, 0.6) is 0 Å². The fraction of sp³-hybridized carbons (Fsp3) is 0.250. The van der Waals surface area contributed by atoms with Crippen LogP contribution in [0.4, 0.5) is 5.69 Å². The highest BCUT2D eigenvalue weighted by Gasteiger charge is 2.22. The van der Waals surface area contributed by atoms with Crippen molar-refractivity contribution in [3.05, 3.63) is 64.7 Å². The predicted molar refractivity (Wildman–Crippen MR) is 80.7 cm³/mol. The van der Waals surface area contributed by atoms with Crippen molar-refractivity contribution in [2.75, 3.05) is 11.9 Å². The number of anilines is 1. The third-order valence-electron chi connectivity index (χ3n) is 3.20. The van der Waals surface area contributed by atoms with Gasteiger partial charge in [0.15, 0.2) is 0 Å². The molecule has 2 rings (SSSR count). The van der Waals surface area contributed by atoms with E-state index in [9.17, 15) is 5.11 Å². The lowest BCUT2D eigenvalue weighted by molar-refractivity contribution is 0.0715. The van der Waals surface area contributed by atoms with Gasteiger partial charge in [0.2, 0.25) is 0 Å². The van der Waals surface area contributed by atoms with Gasteiger partial charge in [-0.1, -0.05) is 48.0 Å². The maximum Gasteiger partial charge on any atom is 0.104 e. The van der Waals surface area contributed by atoms with Crippen molar-refractivity contribution in [2.24, 2.45) is 0 Å². The Morgan fingerprint density at radius 1 is 1.16 bits per heavy atom. The van der Waals surface area contributed by atoms with Crippen LogP contribution in [0.2, 0.25) is 5.02 Å². The number of hydrogen-bond donors (Lipinski definition) is 2. The first-order valence-corrected chi connectivity index (χ1v) is 6.65. The quantitative estimate of drug-likeness (QED) is 0.885. The van der Waals surface area contributed by atoms with E-state index in [-0.39, 0.29) is 0 Å². The Morgan fingerprint density at radius 2 is 1.84 bits per heavy atom. The molecule has 0 saturated carbocycles. The van der Waals surface area contributed by atoms with Gasteiger partial charge in [0, 0.05) is 17.3 Å². The van der Waals surface area contributed by atoms with Gasteiger partial charge in [0.1, 0.15) is 5.60 Å². The first kappa shape index (κ1) is 13.9. The molecule has 0 heterocycles. The van der Waals surface area contributed by atoms with Crippen LogP contribution >= 0.6 is 11.6 Å². The number of rotatable bonds is 4. The van der Waals surface area contributed by atoms with Gasteiger partial charge in [-0.05, 0) is 37.1 Å². The third kappa shape index (κ3) is 3.49. The molecule has 1 atom stereocenters. The number of benzene rings is 2. The Balaban J connectivity index is 2.07. The van der Waals surface area contributed by atoms with E-state index >= 15 is 0 Å². The summed E-state index contributed by atoms with van der Waals surface area (Å²) in [4.78, 5) is 0. The summed E-state index contributed by atoms with van der Waals surface area (Å²) in [5.41, 5.74) is 1.92. The van der Waals surface area contributed by atoms with Crippen molar-refractivity contribution in [1.82, 2.24) is 0 Å². The fourth-order valence-corrected chi connectivity index (χ4v) is 2.06. The van der Waals surface area contributed by atoms with Gasteiger partial charge in [-0.3, -0.25) is 0 Å². The van der Waals surface area contributed by atoms with Crippen molar-refractivity contribution >= 4 is 17.3 Å². The van der Waals surface area contributed by atoms with Gasteiger partial charge in [0.25, 0.3) is 0 Å². The molecular weight excluding hydrogens is 258 g/mol. The zero-order valence-electron chi connectivity index (χ0n) is 11.2. The van der Waals surface area contributed by atoms with Gasteiger partial charge in [-0.15, -0.1) is 0 Å². The van der Waals surface area contributed by atoms with Crippen molar-refractivity contribution in [3.63, 3.8) is 0 Å². The SMILES string of the molecule is Cc1ccc(NCC(C)(O)c2ccccc2)cc1Cl. The number of halogens is 1. The lowest BCUT2D eigenvalue weighted by Crippen LogP contribution is -2.30. The van der Waals surface area contributed by atoms with Crippen LogP contribution in [0.15, 0.2) is 48.5 Å². The molecule has 0 amide bonds. The Labute approximate surface area is 119 Å². The second kappa shape index (κ2) is 5.64. The normalized spacial score (nSPS) is 13.9. The molecule has 0 bridgehead atoms. The lowest BCUT2D eigenvalue weighted by Gasteiger charge is -2.25. The Hall–Kier alpha value is -1.51. The van der Waals surface area contributed by atoms with E-state index in [1.165, 1.54) is 0 Å². The summed E-state index contributed by atoms with van der Waals surface area (Å²) in [6.45, 7) is 4.19. The van der Waals surface area contributed by atoms with Crippen molar-refractivity contribution in [3.8, 4) is 0 Å². The molecule has 100 valence electrons. The van der Waals surface area contributed by atoms with E-state index in [0.29, 0.717) is 6.54 Å². The first-order valence-electron chi connectivity index (χ1n) is 6.27. The van der Waals surface area contributed by atoms with Crippen LogP contribution in [0.25, 0.3) is 0 Å². The minimum absolute atomic E-state index is 0.427. The molecule has 0 aliphatic heterocycles. The summed E-state index contributed by atoms with van der Waals surface area (Å²) in [5.74, 6) is 0. The van der Waals surface area contributed by atoms with Gasteiger partial charge < -0.3 is 10.4 Å². The van der Waals surface area contributed by atoms with Gasteiger partial charge in [-0.2, -0.15) is 0 Å². The fourth-order valence-electron chi connectivity index (χ4n) is 1.88. The second-order valence-corrected chi connectivity index (χ2v) is 5.36. The van der Waals surface area contributed by atoms with Gasteiger partial charge >= 0.3 is 0 Å². The van der Waals surface area contributed by atoms with E-state index in [1.807, 2.05) is 55.5 Å². The topological polar surface area (TPSA) is 32.3 Å². The highest BCUT2D eigenvalue weighted by molar-refractivity contribution is 6.31. The Kier molecular flexibility index (Phi) is 4.13. The molecule has 2 aromatic carbocycles. The molecule has 3 heteroatoms. The van der Waals surface area contributed by atoms with Crippen molar-refractivity contribution in [1.29, 1.82) is 0 Å². The van der Waals surface area contributed by atoms with Crippen molar-refractivity contribution < 1.29 is 5.11 Å². The molecule has 0 aromatic heterocycles. The van der Waals surface area contributed by atoms with Gasteiger partial charge in [-0.25, -0.2) is 0 Å². The van der Waals surface area contributed by atoms with E-state index in [0.717, 1.165) is 21.8 Å². The zero-order valence-corrected chi connectivity index (χ0v) is 11.9. The van der Waals surface area contributed by atoms with E-state index in [2.05, 4.69) is 5.32 Å². The van der Waals surface area contributed by atoms with E-state index in [4.69, 9.17) is 11.6 Å². The predicted octanol–water partition coefficient (Wildman–Crippen LogP) is 3.97. The third-order valence-corrected chi connectivity index (χ3v) is 3.61. The molecule has 0 fully saturated rings. The molecule has 0 spiro atoms. The second-order valence-electron chi connectivity index (χ2n) is 4.96. The molecule has 2 N–H and O–H groups in total. The first-order chi connectivity index (χ1) is 8.99. The monoisotopic (exact) mass is 275 g/mol. The smallest absolute Gasteiger partial charge is 0.104 e. The number of aryl methyl sites for hydroxylation is 1. The van der Waals surface area contributed by atoms with Crippen LogP contribution in [-0.4, -0.2) is 11.7 Å². The summed E-state index contributed by atoms with van der Waals surface area (Å²) in [5, 5.41) is 14.4. The maximum atomic E-state index is 10.5. The molecule has 1 unspecified atom stereocenters. The molecule has 0 saturated heterocycles. The number of nitrogens with one attached hydrogen (secondary N) is 1. The summed E-state index contributed by atoms with van der Waals surface area (Å²) in [6, 6.07) is 15.4. The zero-order chi connectivity index (χ0) is 13.9. The average molecular weight is 276 g/mol. The number of hydrogen-bond acceptors (Lipinski definition) is 2. The summed E-state index contributed by atoms with van der Waals surface area (Å²) in [6.07, 6.45) is 0. The minimum Gasteiger partial charge on any atom is -0.384 e. The molecule has 2 aromatic rings. The van der Waals surface area contributed by atoms with Crippen LogP contribution in [0.3, 0.4) is 0 Å². The average Bonchev–Trinajstić information content (AvgIpc) is 2.41.